The third-order valence-electron chi connectivity index (χ3n) is 3.74. The summed E-state index contributed by atoms with van der Waals surface area (Å²) in [7, 11) is 0. The largest absolute Gasteiger partial charge is 0.378 e. The van der Waals surface area contributed by atoms with E-state index in [1.54, 1.807) is 0 Å². The fourth-order valence-electron chi connectivity index (χ4n) is 2.27. The lowest BCUT2D eigenvalue weighted by Gasteiger charge is -2.16. The summed E-state index contributed by atoms with van der Waals surface area (Å²) >= 11 is 0. The number of carbonyl (C=O) groups is 1. The van der Waals surface area contributed by atoms with Gasteiger partial charge in [0.05, 0.1) is 6.10 Å². The molecule has 1 saturated heterocycles. The van der Waals surface area contributed by atoms with Gasteiger partial charge < -0.3 is 15.8 Å². The molecule has 16 heavy (non-hydrogen) atoms. The van der Waals surface area contributed by atoms with E-state index in [9.17, 15) is 4.79 Å². The van der Waals surface area contributed by atoms with Crippen LogP contribution in [0.4, 0.5) is 0 Å². The molecular weight excluding hydrogens is 204 g/mol. The van der Waals surface area contributed by atoms with Crippen LogP contribution in [0.1, 0.15) is 32.6 Å². The molecule has 0 aromatic heterocycles. The van der Waals surface area contributed by atoms with Gasteiger partial charge in [0.2, 0.25) is 5.91 Å². The van der Waals surface area contributed by atoms with Crippen LogP contribution in [0.15, 0.2) is 0 Å². The molecule has 2 fully saturated rings. The van der Waals surface area contributed by atoms with Crippen LogP contribution >= 0.6 is 0 Å². The predicted molar refractivity (Wildman–Crippen MR) is 61.8 cm³/mol. The quantitative estimate of drug-likeness (QED) is 0.723. The van der Waals surface area contributed by atoms with Crippen molar-refractivity contribution >= 4 is 5.91 Å². The Morgan fingerprint density at radius 1 is 1.50 bits per heavy atom. The van der Waals surface area contributed by atoms with Crippen molar-refractivity contribution in [2.24, 2.45) is 17.6 Å². The van der Waals surface area contributed by atoms with Crippen molar-refractivity contribution in [1.29, 1.82) is 0 Å². The van der Waals surface area contributed by atoms with Gasteiger partial charge in [-0.05, 0) is 32.1 Å². The van der Waals surface area contributed by atoms with Crippen molar-refractivity contribution in [2.75, 3.05) is 13.2 Å². The Labute approximate surface area is 96.9 Å². The van der Waals surface area contributed by atoms with Crippen molar-refractivity contribution < 1.29 is 9.53 Å². The number of ether oxygens (including phenoxy) is 1. The van der Waals surface area contributed by atoms with Crippen LogP contribution in [-0.4, -0.2) is 31.2 Å². The third-order valence-corrected chi connectivity index (χ3v) is 3.74. The van der Waals surface area contributed by atoms with Gasteiger partial charge in [0.1, 0.15) is 0 Å². The van der Waals surface area contributed by atoms with E-state index in [0.29, 0.717) is 18.3 Å². The summed E-state index contributed by atoms with van der Waals surface area (Å²) in [6.07, 6.45) is 4.20. The Hall–Kier alpha value is -0.610. The topological polar surface area (TPSA) is 64.3 Å². The van der Waals surface area contributed by atoms with E-state index in [-0.39, 0.29) is 18.1 Å². The lowest BCUT2D eigenvalue weighted by Crippen LogP contribution is -2.36. The second-order valence-corrected chi connectivity index (χ2v) is 5.13. The van der Waals surface area contributed by atoms with Crippen LogP contribution < -0.4 is 11.1 Å². The zero-order valence-electron chi connectivity index (χ0n) is 9.95. The molecule has 2 aliphatic rings. The molecular formula is C12H22N2O2. The first kappa shape index (κ1) is 11.9. The number of carbonyl (C=O) groups excluding carboxylic acids is 1. The van der Waals surface area contributed by atoms with E-state index in [1.807, 2.05) is 0 Å². The van der Waals surface area contributed by atoms with E-state index in [2.05, 4.69) is 12.2 Å². The Kier molecular flexibility index (Phi) is 3.82. The van der Waals surface area contributed by atoms with Gasteiger partial charge in [-0.1, -0.05) is 0 Å². The van der Waals surface area contributed by atoms with Gasteiger partial charge in [-0.25, -0.2) is 0 Å². The van der Waals surface area contributed by atoms with Crippen molar-refractivity contribution in [2.45, 2.75) is 44.8 Å². The van der Waals surface area contributed by atoms with E-state index in [1.165, 1.54) is 12.8 Å². The molecule has 1 amide bonds. The van der Waals surface area contributed by atoms with E-state index >= 15 is 0 Å². The monoisotopic (exact) mass is 226 g/mol. The molecule has 3 atom stereocenters. The standard InChI is InChI=1S/C12H22N2O2/c1-8-10(4-5-16-8)7-14-12(15)6-11(13)9-2-3-9/h8-11H,2-7,13H2,1H3,(H,14,15). The highest BCUT2D eigenvalue weighted by atomic mass is 16.5. The van der Waals surface area contributed by atoms with Crippen LogP contribution in [0.5, 0.6) is 0 Å². The van der Waals surface area contributed by atoms with Gasteiger partial charge in [-0.2, -0.15) is 0 Å². The molecule has 3 unspecified atom stereocenters. The Morgan fingerprint density at radius 3 is 2.81 bits per heavy atom. The molecule has 4 nitrogen and oxygen atoms in total. The minimum atomic E-state index is 0.0669. The summed E-state index contributed by atoms with van der Waals surface area (Å²) in [5.74, 6) is 1.17. The van der Waals surface area contributed by atoms with Gasteiger partial charge in [0.15, 0.2) is 0 Å². The predicted octanol–water partition coefficient (Wildman–Crippen LogP) is 0.655. The summed E-state index contributed by atoms with van der Waals surface area (Å²) < 4.78 is 5.45. The zero-order valence-corrected chi connectivity index (χ0v) is 9.95. The molecule has 0 radical (unpaired) electrons. The number of hydrogen-bond donors (Lipinski definition) is 2. The summed E-state index contributed by atoms with van der Waals surface area (Å²) in [6, 6.07) is 0.0669. The molecule has 0 aromatic rings. The summed E-state index contributed by atoms with van der Waals surface area (Å²) in [5, 5.41) is 2.97. The average Bonchev–Trinajstić information content (AvgIpc) is 3.00. The van der Waals surface area contributed by atoms with Crippen LogP contribution in [0.25, 0.3) is 0 Å². The summed E-state index contributed by atoms with van der Waals surface area (Å²) in [5.41, 5.74) is 5.91. The normalized spacial score (nSPS) is 31.4. The first-order chi connectivity index (χ1) is 7.66. The van der Waals surface area contributed by atoms with Gasteiger partial charge >= 0.3 is 0 Å². The maximum atomic E-state index is 11.6. The Balaban J connectivity index is 1.63. The van der Waals surface area contributed by atoms with Crippen LogP contribution in [0, 0.1) is 11.8 Å². The van der Waals surface area contributed by atoms with Gasteiger partial charge in [0, 0.05) is 31.5 Å². The molecule has 1 saturated carbocycles. The Morgan fingerprint density at radius 2 is 2.25 bits per heavy atom. The smallest absolute Gasteiger partial charge is 0.221 e. The molecule has 3 N–H and O–H groups in total. The highest BCUT2D eigenvalue weighted by Crippen LogP contribution is 2.32. The first-order valence-corrected chi connectivity index (χ1v) is 6.30. The highest BCUT2D eigenvalue weighted by Gasteiger charge is 2.30. The summed E-state index contributed by atoms with van der Waals surface area (Å²) in [4.78, 5) is 11.6. The van der Waals surface area contributed by atoms with Gasteiger partial charge in [-0.15, -0.1) is 0 Å². The molecule has 1 heterocycles. The average molecular weight is 226 g/mol. The lowest BCUT2D eigenvalue weighted by atomic mass is 10.0. The van der Waals surface area contributed by atoms with Crippen molar-refractivity contribution in [3.05, 3.63) is 0 Å². The molecule has 4 heteroatoms. The van der Waals surface area contributed by atoms with Gasteiger partial charge in [0.25, 0.3) is 0 Å². The fraction of sp³-hybridized carbons (Fsp3) is 0.917. The van der Waals surface area contributed by atoms with E-state index < -0.39 is 0 Å². The van der Waals surface area contributed by atoms with Crippen LogP contribution in [0.3, 0.4) is 0 Å². The number of amides is 1. The minimum Gasteiger partial charge on any atom is -0.378 e. The molecule has 0 aromatic carbocycles. The number of nitrogens with two attached hydrogens (primary N) is 1. The first-order valence-electron chi connectivity index (χ1n) is 6.30. The number of rotatable bonds is 5. The fourth-order valence-corrected chi connectivity index (χ4v) is 2.27. The molecule has 92 valence electrons. The van der Waals surface area contributed by atoms with E-state index in [4.69, 9.17) is 10.5 Å². The maximum absolute atomic E-state index is 11.6. The number of nitrogens with one attached hydrogen (secondary N) is 1. The molecule has 1 aliphatic carbocycles. The van der Waals surface area contributed by atoms with Crippen LogP contribution in [-0.2, 0) is 9.53 Å². The number of hydrogen-bond acceptors (Lipinski definition) is 3. The molecule has 0 bridgehead atoms. The van der Waals surface area contributed by atoms with Crippen molar-refractivity contribution in [1.82, 2.24) is 5.32 Å². The molecule has 2 rings (SSSR count). The van der Waals surface area contributed by atoms with Crippen molar-refractivity contribution in [3.8, 4) is 0 Å². The minimum absolute atomic E-state index is 0.0669. The SMILES string of the molecule is CC1OCCC1CNC(=O)CC(N)C1CC1. The zero-order chi connectivity index (χ0) is 11.5. The van der Waals surface area contributed by atoms with Gasteiger partial charge in [-0.3, -0.25) is 4.79 Å². The van der Waals surface area contributed by atoms with E-state index in [0.717, 1.165) is 19.6 Å². The second-order valence-electron chi connectivity index (χ2n) is 5.13. The second kappa shape index (κ2) is 5.15. The highest BCUT2D eigenvalue weighted by molar-refractivity contribution is 5.76. The maximum Gasteiger partial charge on any atom is 0.221 e. The molecule has 1 aliphatic heterocycles. The lowest BCUT2D eigenvalue weighted by molar-refractivity contribution is -0.121. The van der Waals surface area contributed by atoms with Crippen molar-refractivity contribution in [3.63, 3.8) is 0 Å². The van der Waals surface area contributed by atoms with Crippen LogP contribution in [0.2, 0.25) is 0 Å². The molecule has 0 spiro atoms. The summed E-state index contributed by atoms with van der Waals surface area (Å²) in [6.45, 7) is 3.63. The third kappa shape index (κ3) is 3.19. The Bertz CT molecular complexity index is 253.